The Kier molecular flexibility index (Phi) is 6.41. The number of nitrogens with one attached hydrogen (secondary N) is 1. The van der Waals surface area contributed by atoms with Crippen LogP contribution in [-0.2, 0) is 0 Å². The summed E-state index contributed by atoms with van der Waals surface area (Å²) in [7, 11) is 0. The number of anilines is 1. The van der Waals surface area contributed by atoms with Crippen molar-refractivity contribution < 1.29 is 4.79 Å². The van der Waals surface area contributed by atoms with Gasteiger partial charge in [-0.05, 0) is 71.0 Å². The van der Waals surface area contributed by atoms with Gasteiger partial charge in [0.25, 0.3) is 0 Å². The molecule has 0 aliphatic carbocycles. The highest BCUT2D eigenvalue weighted by atomic mass is 16.1. The second-order valence-corrected chi connectivity index (χ2v) is 9.01. The lowest BCUT2D eigenvalue weighted by atomic mass is 9.94. The van der Waals surface area contributed by atoms with Crippen molar-refractivity contribution in [1.82, 2.24) is 0 Å². The van der Waals surface area contributed by atoms with E-state index < -0.39 is 0 Å². The van der Waals surface area contributed by atoms with E-state index in [1.165, 1.54) is 16.7 Å². The van der Waals surface area contributed by atoms with Crippen LogP contribution in [0.3, 0.4) is 0 Å². The number of benzene rings is 4. The van der Waals surface area contributed by atoms with Gasteiger partial charge in [-0.3, -0.25) is 4.79 Å². The molecule has 0 bridgehead atoms. The van der Waals surface area contributed by atoms with Gasteiger partial charge < -0.3 is 5.32 Å². The summed E-state index contributed by atoms with van der Waals surface area (Å²) in [5.41, 5.74) is 6.73. The number of rotatable bonds is 7. The van der Waals surface area contributed by atoms with Crippen molar-refractivity contribution in [3.8, 4) is 0 Å². The van der Waals surface area contributed by atoms with Crippen molar-refractivity contribution in [3.63, 3.8) is 0 Å². The lowest BCUT2D eigenvalue weighted by molar-refractivity contribution is 0.0976. The number of ketones is 1. The second-order valence-electron chi connectivity index (χ2n) is 9.01. The molecular weight excluding hydrogens is 390 g/mol. The van der Waals surface area contributed by atoms with Crippen molar-refractivity contribution >= 4 is 22.2 Å². The number of hydrogen-bond donors (Lipinski definition) is 1. The summed E-state index contributed by atoms with van der Waals surface area (Å²) in [4.78, 5) is 13.3. The van der Waals surface area contributed by atoms with Gasteiger partial charge in [-0.2, -0.15) is 0 Å². The van der Waals surface area contributed by atoms with Crippen LogP contribution in [0.15, 0.2) is 84.9 Å². The van der Waals surface area contributed by atoms with E-state index >= 15 is 0 Å². The van der Waals surface area contributed by atoms with Crippen LogP contribution in [0, 0.1) is 13.8 Å². The van der Waals surface area contributed by atoms with Gasteiger partial charge >= 0.3 is 0 Å². The summed E-state index contributed by atoms with van der Waals surface area (Å²) < 4.78 is 0. The van der Waals surface area contributed by atoms with Crippen LogP contribution in [0.2, 0.25) is 0 Å². The number of aryl methyl sites for hydroxylation is 2. The predicted molar refractivity (Wildman–Crippen MR) is 136 cm³/mol. The Labute approximate surface area is 191 Å². The normalized spacial score (nSPS) is 12.2. The number of Topliss-reactive ketones (excluding diaryl/α,β-unsaturated/α-hetero) is 1. The maximum Gasteiger partial charge on any atom is 0.165 e. The molecule has 4 rings (SSSR count). The number of carbonyl (C=O) groups excluding carboxylic acids is 1. The minimum Gasteiger partial charge on any atom is -0.378 e. The number of carbonyl (C=O) groups is 1. The molecule has 1 unspecified atom stereocenters. The Bertz CT molecular complexity index is 1240. The zero-order chi connectivity index (χ0) is 22.7. The molecule has 1 N–H and O–H groups in total. The van der Waals surface area contributed by atoms with Crippen molar-refractivity contribution in [3.05, 3.63) is 113 Å². The fourth-order valence-corrected chi connectivity index (χ4v) is 4.06. The van der Waals surface area contributed by atoms with E-state index in [1.54, 1.807) is 0 Å². The minimum atomic E-state index is -0.0997. The van der Waals surface area contributed by atoms with Crippen molar-refractivity contribution in [2.75, 3.05) is 5.32 Å². The molecule has 0 heterocycles. The highest BCUT2D eigenvalue weighted by Gasteiger charge is 2.18. The topological polar surface area (TPSA) is 29.1 Å². The minimum absolute atomic E-state index is 0.0997. The fourth-order valence-electron chi connectivity index (χ4n) is 4.06. The molecule has 0 fully saturated rings. The van der Waals surface area contributed by atoms with Crippen molar-refractivity contribution in [1.29, 1.82) is 0 Å². The molecule has 0 aromatic heterocycles. The zero-order valence-electron chi connectivity index (χ0n) is 19.4. The molecule has 0 saturated heterocycles. The van der Waals surface area contributed by atoms with E-state index in [0.29, 0.717) is 12.3 Å². The summed E-state index contributed by atoms with van der Waals surface area (Å²) in [6.45, 7) is 8.63. The molecule has 2 nitrogen and oxygen atoms in total. The highest BCUT2D eigenvalue weighted by Crippen LogP contribution is 2.28. The van der Waals surface area contributed by atoms with E-state index in [1.807, 2.05) is 30.3 Å². The predicted octanol–water partition coefficient (Wildman–Crippen LogP) is 8.01. The van der Waals surface area contributed by atoms with Crippen molar-refractivity contribution in [2.45, 2.75) is 46.1 Å². The number of hydrogen-bond acceptors (Lipinski definition) is 2. The molecule has 0 radical (unpaired) electrons. The van der Waals surface area contributed by atoms with Gasteiger partial charge in [0, 0.05) is 17.7 Å². The lowest BCUT2D eigenvalue weighted by Gasteiger charge is -2.21. The average Bonchev–Trinajstić information content (AvgIpc) is 2.80. The van der Waals surface area contributed by atoms with Gasteiger partial charge in [-0.25, -0.2) is 0 Å². The number of fused-ring (bicyclic) bond motifs is 1. The molecule has 162 valence electrons. The van der Waals surface area contributed by atoms with Gasteiger partial charge in [-0.1, -0.05) is 80.6 Å². The molecule has 4 aromatic rings. The third-order valence-corrected chi connectivity index (χ3v) is 6.31. The fraction of sp³-hybridized carbons (Fsp3) is 0.233. The summed E-state index contributed by atoms with van der Waals surface area (Å²) >= 11 is 0. The first-order chi connectivity index (χ1) is 15.4. The van der Waals surface area contributed by atoms with Crippen LogP contribution in [0.5, 0.6) is 0 Å². The van der Waals surface area contributed by atoms with E-state index in [-0.39, 0.29) is 11.8 Å². The highest BCUT2D eigenvalue weighted by molar-refractivity contribution is 6.00. The standard InChI is InChI=1S/C30H31NO/c1-20(2)23-10-13-25(14-11-23)29(31-28-16-9-21(3)22(4)17-28)19-30(32)27-15-12-24-7-5-6-8-26(24)18-27/h5-18,20,29,31H,19H2,1-4H3. The summed E-state index contributed by atoms with van der Waals surface area (Å²) in [5, 5.41) is 5.88. The molecule has 1 atom stereocenters. The van der Waals surface area contributed by atoms with E-state index in [9.17, 15) is 4.79 Å². The molecule has 4 aromatic carbocycles. The molecular formula is C30H31NO. The molecule has 0 saturated carbocycles. The smallest absolute Gasteiger partial charge is 0.165 e. The van der Waals surface area contributed by atoms with Crippen LogP contribution in [0.1, 0.15) is 64.8 Å². The van der Waals surface area contributed by atoms with Gasteiger partial charge in [0.05, 0.1) is 6.04 Å². The molecule has 0 spiro atoms. The summed E-state index contributed by atoms with van der Waals surface area (Å²) in [6.07, 6.45) is 0.395. The molecule has 0 aliphatic rings. The zero-order valence-corrected chi connectivity index (χ0v) is 19.4. The van der Waals surface area contributed by atoms with Crippen LogP contribution in [-0.4, -0.2) is 5.78 Å². The molecule has 32 heavy (non-hydrogen) atoms. The van der Waals surface area contributed by atoms with Gasteiger partial charge in [0.15, 0.2) is 5.78 Å². The second kappa shape index (κ2) is 9.40. The van der Waals surface area contributed by atoms with Gasteiger partial charge in [-0.15, -0.1) is 0 Å². The van der Waals surface area contributed by atoms with E-state index in [2.05, 4.69) is 87.6 Å². The van der Waals surface area contributed by atoms with E-state index in [0.717, 1.165) is 27.6 Å². The molecule has 2 heteroatoms. The van der Waals surface area contributed by atoms with Gasteiger partial charge in [0.2, 0.25) is 0 Å². The maximum atomic E-state index is 13.3. The first kappa shape index (κ1) is 21.8. The first-order valence-corrected chi connectivity index (χ1v) is 11.4. The largest absolute Gasteiger partial charge is 0.378 e. The first-order valence-electron chi connectivity index (χ1n) is 11.4. The van der Waals surface area contributed by atoms with E-state index in [4.69, 9.17) is 0 Å². The van der Waals surface area contributed by atoms with Gasteiger partial charge in [0.1, 0.15) is 0 Å². The molecule has 0 amide bonds. The lowest BCUT2D eigenvalue weighted by Crippen LogP contribution is -2.16. The Hall–Kier alpha value is -3.39. The Morgan fingerprint density at radius 3 is 2.12 bits per heavy atom. The van der Waals surface area contributed by atoms with Crippen LogP contribution in [0.4, 0.5) is 5.69 Å². The van der Waals surface area contributed by atoms with Crippen molar-refractivity contribution in [2.24, 2.45) is 0 Å². The Balaban J connectivity index is 1.63. The SMILES string of the molecule is Cc1ccc(NC(CC(=O)c2ccc3ccccc3c2)c2ccc(C(C)C)cc2)cc1C. The van der Waals surface area contributed by atoms with Crippen LogP contribution < -0.4 is 5.32 Å². The quantitative estimate of drug-likeness (QED) is 0.306. The molecule has 0 aliphatic heterocycles. The monoisotopic (exact) mass is 421 g/mol. The Morgan fingerprint density at radius 2 is 1.44 bits per heavy atom. The average molecular weight is 422 g/mol. The van der Waals surface area contributed by atoms with Crippen LogP contribution >= 0.6 is 0 Å². The third kappa shape index (κ3) is 4.91. The maximum absolute atomic E-state index is 13.3. The Morgan fingerprint density at radius 1 is 0.750 bits per heavy atom. The summed E-state index contributed by atoms with van der Waals surface area (Å²) in [5.74, 6) is 0.625. The van der Waals surface area contributed by atoms with Crippen LogP contribution in [0.25, 0.3) is 10.8 Å². The summed E-state index contributed by atoms with van der Waals surface area (Å²) in [6, 6.07) is 29.1. The third-order valence-electron chi connectivity index (χ3n) is 6.31.